The molecule has 7 nitrogen and oxygen atoms in total. The predicted molar refractivity (Wildman–Crippen MR) is 64.5 cm³/mol. The van der Waals surface area contributed by atoms with Crippen LogP contribution in [0.4, 0.5) is 5.69 Å². The Morgan fingerprint density at radius 1 is 1.44 bits per heavy atom. The van der Waals surface area contributed by atoms with Gasteiger partial charge in [-0.25, -0.2) is 4.79 Å². The first-order valence-electron chi connectivity index (χ1n) is 4.53. The van der Waals surface area contributed by atoms with Crippen LogP contribution in [-0.4, -0.2) is 46.7 Å². The number of nitro groups is 1. The number of fused-ring (bicyclic) bond motifs is 1. The summed E-state index contributed by atoms with van der Waals surface area (Å²) in [6.45, 7) is 0. The summed E-state index contributed by atoms with van der Waals surface area (Å²) in [6, 6.07) is 4.25. The Hall–Kier alpha value is -1.57. The maximum absolute atomic E-state index is 11.3. The first-order valence-corrected chi connectivity index (χ1v) is 4.53. The monoisotopic (exact) mass is 261 g/mol. The van der Waals surface area contributed by atoms with Crippen molar-refractivity contribution in [1.82, 2.24) is 0 Å². The average Bonchev–Trinajstić information content (AvgIpc) is 2.28. The van der Waals surface area contributed by atoms with Gasteiger partial charge in [0.2, 0.25) is 5.75 Å². The number of hydrogen-bond donors (Lipinski definition) is 1. The molecule has 18 heavy (non-hydrogen) atoms. The molecule has 0 aliphatic rings. The van der Waals surface area contributed by atoms with Gasteiger partial charge in [-0.05, 0) is 18.2 Å². The summed E-state index contributed by atoms with van der Waals surface area (Å²) >= 11 is 0. The number of rotatable bonds is 2. The molecule has 0 fully saturated rings. The van der Waals surface area contributed by atoms with Gasteiger partial charge in [0, 0.05) is 0 Å². The van der Waals surface area contributed by atoms with Crippen molar-refractivity contribution >= 4 is 46.2 Å². The third kappa shape index (κ3) is 2.33. The van der Waals surface area contributed by atoms with Crippen LogP contribution >= 0.6 is 0 Å². The standard InChI is InChI=1S/C10H7NO6.Na.H/c1-16-5-2-3-7-6(4-5)9(12)8(11(14)15)10(13)17-7;;/h2-4,12H,1H3;;. The van der Waals surface area contributed by atoms with Gasteiger partial charge in [0.1, 0.15) is 11.3 Å². The van der Waals surface area contributed by atoms with E-state index in [-0.39, 0.29) is 40.5 Å². The Bertz CT molecular complexity index is 665. The first-order chi connectivity index (χ1) is 8.04. The van der Waals surface area contributed by atoms with Crippen LogP contribution < -0.4 is 10.4 Å². The van der Waals surface area contributed by atoms with Gasteiger partial charge in [-0.1, -0.05) is 0 Å². The van der Waals surface area contributed by atoms with E-state index in [1.54, 1.807) is 0 Å². The second kappa shape index (κ2) is 5.38. The van der Waals surface area contributed by atoms with Crippen LogP contribution in [0, 0.1) is 10.1 Å². The molecule has 1 N–H and O–H groups in total. The van der Waals surface area contributed by atoms with Crippen LogP contribution in [0.15, 0.2) is 27.4 Å². The summed E-state index contributed by atoms with van der Waals surface area (Å²) in [5, 5.41) is 20.3. The van der Waals surface area contributed by atoms with Gasteiger partial charge in [0.15, 0.2) is 0 Å². The predicted octanol–water partition coefficient (Wildman–Crippen LogP) is 0.767. The topological polar surface area (TPSA) is 103 Å². The molecule has 0 unspecified atom stereocenters. The van der Waals surface area contributed by atoms with E-state index < -0.39 is 22.0 Å². The second-order valence-electron chi connectivity index (χ2n) is 3.21. The number of methoxy groups -OCH3 is 1. The van der Waals surface area contributed by atoms with Crippen molar-refractivity contribution in [3.8, 4) is 11.5 Å². The molecule has 2 rings (SSSR count). The van der Waals surface area contributed by atoms with Crippen molar-refractivity contribution in [3.05, 3.63) is 38.7 Å². The minimum atomic E-state index is -1.19. The van der Waals surface area contributed by atoms with E-state index in [1.165, 1.54) is 25.3 Å². The number of ether oxygens (including phenoxy) is 1. The molecule has 0 bridgehead atoms. The summed E-state index contributed by atoms with van der Waals surface area (Å²) in [4.78, 5) is 20.9. The van der Waals surface area contributed by atoms with Gasteiger partial charge >= 0.3 is 40.9 Å². The molecule has 8 heteroatoms. The van der Waals surface area contributed by atoms with Crippen molar-refractivity contribution in [3.63, 3.8) is 0 Å². The Labute approximate surface area is 122 Å². The SMILES string of the molecule is COc1ccc2oc(=O)c([N+](=O)[O-])c(O)c2c1.[NaH]. The second-order valence-corrected chi connectivity index (χ2v) is 3.21. The van der Waals surface area contributed by atoms with Crippen molar-refractivity contribution < 1.29 is 19.2 Å². The molecule has 1 aromatic heterocycles. The zero-order valence-electron chi connectivity index (χ0n) is 8.67. The van der Waals surface area contributed by atoms with Gasteiger partial charge < -0.3 is 14.3 Å². The van der Waals surface area contributed by atoms with Gasteiger partial charge in [0.25, 0.3) is 0 Å². The van der Waals surface area contributed by atoms with Crippen LogP contribution in [0.1, 0.15) is 0 Å². The molecule has 0 aliphatic carbocycles. The van der Waals surface area contributed by atoms with Crippen LogP contribution in [0.25, 0.3) is 11.0 Å². The summed E-state index contributed by atoms with van der Waals surface area (Å²) < 4.78 is 9.63. The number of hydrogen-bond acceptors (Lipinski definition) is 6. The molecular weight excluding hydrogens is 253 g/mol. The Morgan fingerprint density at radius 3 is 2.67 bits per heavy atom. The molecule has 1 aromatic carbocycles. The molecule has 1 heterocycles. The Balaban J connectivity index is 0.00000162. The molecule has 2 aromatic rings. The summed E-state index contributed by atoms with van der Waals surface area (Å²) in [5.41, 5.74) is -2.12. The van der Waals surface area contributed by atoms with Crippen molar-refractivity contribution in [2.24, 2.45) is 0 Å². The van der Waals surface area contributed by atoms with E-state index >= 15 is 0 Å². The Morgan fingerprint density at radius 2 is 2.11 bits per heavy atom. The number of nitrogens with zero attached hydrogens (tertiary/aromatic N) is 1. The fraction of sp³-hybridized carbons (Fsp3) is 0.100. The molecule has 0 saturated carbocycles. The molecule has 0 saturated heterocycles. The van der Waals surface area contributed by atoms with E-state index in [2.05, 4.69) is 0 Å². The fourth-order valence-electron chi connectivity index (χ4n) is 1.44. The van der Waals surface area contributed by atoms with Crippen molar-refractivity contribution in [1.29, 1.82) is 0 Å². The molecular formula is C10H8NNaO6. The molecule has 0 atom stereocenters. The minimum absolute atomic E-state index is 0. The van der Waals surface area contributed by atoms with Gasteiger partial charge in [0.05, 0.1) is 17.4 Å². The van der Waals surface area contributed by atoms with Crippen LogP contribution in [0.5, 0.6) is 11.5 Å². The van der Waals surface area contributed by atoms with E-state index in [4.69, 9.17) is 9.15 Å². The quantitative estimate of drug-likeness (QED) is 0.370. The summed E-state index contributed by atoms with van der Waals surface area (Å²) in [5.74, 6) is -0.337. The van der Waals surface area contributed by atoms with E-state index in [0.717, 1.165) is 0 Å². The average molecular weight is 261 g/mol. The molecule has 0 spiro atoms. The molecule has 0 radical (unpaired) electrons. The Kier molecular flexibility index (Phi) is 4.33. The molecule has 0 aliphatic heterocycles. The van der Waals surface area contributed by atoms with E-state index in [0.29, 0.717) is 5.75 Å². The summed E-state index contributed by atoms with van der Waals surface area (Å²) in [6.07, 6.45) is 0. The zero-order valence-corrected chi connectivity index (χ0v) is 8.67. The van der Waals surface area contributed by atoms with E-state index in [1.807, 2.05) is 0 Å². The number of benzene rings is 1. The van der Waals surface area contributed by atoms with Gasteiger partial charge in [-0.2, -0.15) is 0 Å². The van der Waals surface area contributed by atoms with Gasteiger partial charge in [-0.15, -0.1) is 0 Å². The molecule has 90 valence electrons. The van der Waals surface area contributed by atoms with Crippen molar-refractivity contribution in [2.45, 2.75) is 0 Å². The fourth-order valence-corrected chi connectivity index (χ4v) is 1.44. The van der Waals surface area contributed by atoms with E-state index in [9.17, 15) is 20.0 Å². The van der Waals surface area contributed by atoms with Crippen LogP contribution in [-0.2, 0) is 0 Å². The van der Waals surface area contributed by atoms with Gasteiger partial charge in [-0.3, -0.25) is 10.1 Å². The third-order valence-electron chi connectivity index (χ3n) is 2.24. The third-order valence-corrected chi connectivity index (χ3v) is 2.24. The van der Waals surface area contributed by atoms with Crippen molar-refractivity contribution in [2.75, 3.05) is 7.11 Å². The maximum atomic E-state index is 11.3. The summed E-state index contributed by atoms with van der Waals surface area (Å²) in [7, 11) is 1.41. The molecule has 0 amide bonds. The van der Waals surface area contributed by atoms with Crippen LogP contribution in [0.3, 0.4) is 0 Å². The zero-order chi connectivity index (χ0) is 12.6. The first kappa shape index (κ1) is 14.5. The normalized spacial score (nSPS) is 9.83. The number of aromatic hydroxyl groups is 1. The van der Waals surface area contributed by atoms with Crippen LogP contribution in [0.2, 0.25) is 0 Å².